The van der Waals surface area contributed by atoms with E-state index in [2.05, 4.69) is 22.4 Å². The fourth-order valence-corrected chi connectivity index (χ4v) is 3.70. The van der Waals surface area contributed by atoms with Gasteiger partial charge < -0.3 is 10.2 Å². The Labute approximate surface area is 140 Å². The number of benzene rings is 1. The summed E-state index contributed by atoms with van der Waals surface area (Å²) in [5, 5.41) is 2.96. The number of nitrogens with zero attached hydrogens (tertiary/aromatic N) is 2. The highest BCUT2D eigenvalue weighted by atomic mass is 16.2. The molecule has 1 aromatic heterocycles. The molecule has 2 amide bonds. The van der Waals surface area contributed by atoms with Gasteiger partial charge in [-0.15, -0.1) is 0 Å². The van der Waals surface area contributed by atoms with Crippen LogP contribution in [-0.4, -0.2) is 40.3 Å². The van der Waals surface area contributed by atoms with Gasteiger partial charge in [0, 0.05) is 31.4 Å². The summed E-state index contributed by atoms with van der Waals surface area (Å²) in [6.07, 6.45) is 5.36. The summed E-state index contributed by atoms with van der Waals surface area (Å²) >= 11 is 0. The quantitative estimate of drug-likeness (QED) is 0.933. The predicted octanol–water partition coefficient (Wildman–Crippen LogP) is 1.58. The number of pyridine rings is 1. The Morgan fingerprint density at radius 1 is 1.08 bits per heavy atom. The normalized spacial score (nSPS) is 20.2. The van der Waals surface area contributed by atoms with E-state index in [4.69, 9.17) is 0 Å². The molecule has 2 heterocycles. The van der Waals surface area contributed by atoms with E-state index in [1.807, 2.05) is 17.0 Å². The molecule has 0 bridgehead atoms. The Balaban J connectivity index is 1.40. The average molecular weight is 321 g/mol. The summed E-state index contributed by atoms with van der Waals surface area (Å²) in [7, 11) is 0. The maximum Gasteiger partial charge on any atom is 0.253 e. The second kappa shape index (κ2) is 6.07. The molecular formula is C19H19N3O2. The van der Waals surface area contributed by atoms with Crippen molar-refractivity contribution in [1.82, 2.24) is 15.2 Å². The van der Waals surface area contributed by atoms with Gasteiger partial charge in [0.05, 0.1) is 11.6 Å². The number of hydrogen-bond donors (Lipinski definition) is 1. The van der Waals surface area contributed by atoms with Crippen LogP contribution in [0, 0.1) is 0 Å². The van der Waals surface area contributed by atoms with Crippen molar-refractivity contribution in [2.24, 2.45) is 0 Å². The first kappa shape index (κ1) is 14.9. The monoisotopic (exact) mass is 321 g/mol. The van der Waals surface area contributed by atoms with Gasteiger partial charge in [-0.1, -0.05) is 24.3 Å². The van der Waals surface area contributed by atoms with Gasteiger partial charge in [-0.3, -0.25) is 14.6 Å². The van der Waals surface area contributed by atoms with E-state index in [1.165, 1.54) is 17.3 Å². The second-order valence-electron chi connectivity index (χ2n) is 6.49. The van der Waals surface area contributed by atoms with Gasteiger partial charge >= 0.3 is 0 Å². The van der Waals surface area contributed by atoms with E-state index in [-0.39, 0.29) is 23.9 Å². The second-order valence-corrected chi connectivity index (χ2v) is 6.49. The summed E-state index contributed by atoms with van der Waals surface area (Å²) in [6.45, 7) is 0.587. The third-order valence-corrected chi connectivity index (χ3v) is 4.89. The van der Waals surface area contributed by atoms with Crippen molar-refractivity contribution in [3.8, 4) is 0 Å². The van der Waals surface area contributed by atoms with Gasteiger partial charge in [-0.2, -0.15) is 0 Å². The molecule has 0 saturated carbocycles. The number of carbonyl (C=O) groups is 2. The summed E-state index contributed by atoms with van der Waals surface area (Å²) < 4.78 is 0. The summed E-state index contributed by atoms with van der Waals surface area (Å²) in [6, 6.07) is 11.9. The van der Waals surface area contributed by atoms with Crippen molar-refractivity contribution in [3.05, 3.63) is 65.5 Å². The third-order valence-electron chi connectivity index (χ3n) is 4.89. The molecule has 24 heavy (non-hydrogen) atoms. The van der Waals surface area contributed by atoms with Gasteiger partial charge in [0.25, 0.3) is 5.91 Å². The zero-order chi connectivity index (χ0) is 16.5. The van der Waals surface area contributed by atoms with Crippen LogP contribution in [0.3, 0.4) is 0 Å². The van der Waals surface area contributed by atoms with Crippen molar-refractivity contribution in [3.63, 3.8) is 0 Å². The third kappa shape index (κ3) is 2.77. The Hall–Kier alpha value is -2.69. The molecule has 5 heteroatoms. The summed E-state index contributed by atoms with van der Waals surface area (Å²) in [5.41, 5.74) is 3.19. The summed E-state index contributed by atoms with van der Waals surface area (Å²) in [4.78, 5) is 30.5. The van der Waals surface area contributed by atoms with Gasteiger partial charge in [-0.05, 0) is 36.1 Å². The molecule has 1 unspecified atom stereocenters. The van der Waals surface area contributed by atoms with E-state index in [0.717, 1.165) is 12.8 Å². The molecule has 1 N–H and O–H groups in total. The molecule has 1 fully saturated rings. The molecule has 1 atom stereocenters. The maximum atomic E-state index is 12.4. The van der Waals surface area contributed by atoms with Crippen LogP contribution in [0.5, 0.6) is 0 Å². The molecule has 5 nitrogen and oxygen atoms in total. The standard InChI is InChI=1S/C19H19N3O2/c23-18-10-16(21-19(24)15-6-3-7-20-11-15)12-22(18)17-8-13-4-1-2-5-14(13)9-17/h1-7,11,16-17H,8-10,12H2,(H,21,24). The highest BCUT2D eigenvalue weighted by Crippen LogP contribution is 2.28. The fraction of sp³-hybridized carbons (Fsp3) is 0.316. The number of amides is 2. The molecule has 2 aliphatic rings. The lowest BCUT2D eigenvalue weighted by Crippen LogP contribution is -2.41. The molecule has 1 aliphatic carbocycles. The number of hydrogen-bond acceptors (Lipinski definition) is 3. The van der Waals surface area contributed by atoms with Crippen LogP contribution in [0.25, 0.3) is 0 Å². The lowest BCUT2D eigenvalue weighted by molar-refractivity contribution is -0.129. The number of likely N-dealkylation sites (tertiary alicyclic amines) is 1. The van der Waals surface area contributed by atoms with Gasteiger partial charge in [-0.25, -0.2) is 0 Å². The van der Waals surface area contributed by atoms with Crippen LogP contribution in [0.15, 0.2) is 48.8 Å². The Kier molecular flexibility index (Phi) is 3.76. The van der Waals surface area contributed by atoms with Crippen molar-refractivity contribution < 1.29 is 9.59 Å². The topological polar surface area (TPSA) is 62.3 Å². The molecule has 1 aromatic carbocycles. The smallest absolute Gasteiger partial charge is 0.253 e. The Morgan fingerprint density at radius 2 is 1.83 bits per heavy atom. The van der Waals surface area contributed by atoms with Crippen molar-refractivity contribution in [2.45, 2.75) is 31.3 Å². The minimum absolute atomic E-state index is 0.129. The first-order valence-electron chi connectivity index (χ1n) is 8.28. The Bertz CT molecular complexity index is 750. The minimum atomic E-state index is -0.169. The molecular weight excluding hydrogens is 302 g/mol. The average Bonchev–Trinajstić information content (AvgIpc) is 3.18. The SMILES string of the molecule is O=C(NC1CC(=O)N(C2Cc3ccccc3C2)C1)c1cccnc1. The van der Waals surface area contributed by atoms with Crippen LogP contribution in [0.4, 0.5) is 0 Å². The van der Waals surface area contributed by atoms with Crippen LogP contribution in [-0.2, 0) is 17.6 Å². The minimum Gasteiger partial charge on any atom is -0.347 e. The lowest BCUT2D eigenvalue weighted by atomic mass is 10.1. The first-order chi connectivity index (χ1) is 11.7. The Morgan fingerprint density at radius 3 is 2.50 bits per heavy atom. The lowest BCUT2D eigenvalue weighted by Gasteiger charge is -2.24. The van der Waals surface area contributed by atoms with E-state index < -0.39 is 0 Å². The zero-order valence-corrected chi connectivity index (χ0v) is 13.3. The zero-order valence-electron chi connectivity index (χ0n) is 13.3. The van der Waals surface area contributed by atoms with Gasteiger partial charge in [0.1, 0.15) is 0 Å². The fourth-order valence-electron chi connectivity index (χ4n) is 3.70. The highest BCUT2D eigenvalue weighted by Gasteiger charge is 2.37. The van der Waals surface area contributed by atoms with Gasteiger partial charge in [0.2, 0.25) is 5.91 Å². The number of fused-ring (bicyclic) bond motifs is 1. The summed E-state index contributed by atoms with van der Waals surface area (Å²) in [5.74, 6) is -0.0400. The van der Waals surface area contributed by atoms with Crippen LogP contribution < -0.4 is 5.32 Å². The molecule has 0 radical (unpaired) electrons. The molecule has 122 valence electrons. The molecule has 4 rings (SSSR count). The van der Waals surface area contributed by atoms with Crippen molar-refractivity contribution >= 4 is 11.8 Å². The highest BCUT2D eigenvalue weighted by molar-refractivity contribution is 5.94. The predicted molar refractivity (Wildman–Crippen MR) is 89.5 cm³/mol. The largest absolute Gasteiger partial charge is 0.347 e. The van der Waals surface area contributed by atoms with Crippen LogP contribution in [0.1, 0.15) is 27.9 Å². The molecule has 0 spiro atoms. The van der Waals surface area contributed by atoms with E-state index in [1.54, 1.807) is 18.3 Å². The molecule has 2 aromatic rings. The van der Waals surface area contributed by atoms with Crippen LogP contribution >= 0.6 is 0 Å². The first-order valence-corrected chi connectivity index (χ1v) is 8.28. The number of aromatic nitrogens is 1. The van der Waals surface area contributed by atoms with Crippen molar-refractivity contribution in [2.75, 3.05) is 6.54 Å². The molecule has 1 saturated heterocycles. The maximum absolute atomic E-state index is 12.4. The van der Waals surface area contributed by atoms with E-state index in [0.29, 0.717) is 18.5 Å². The molecule has 1 aliphatic heterocycles. The van der Waals surface area contributed by atoms with Crippen LogP contribution in [0.2, 0.25) is 0 Å². The number of nitrogens with one attached hydrogen (secondary N) is 1. The van der Waals surface area contributed by atoms with Gasteiger partial charge in [0.15, 0.2) is 0 Å². The number of rotatable bonds is 3. The van der Waals surface area contributed by atoms with Crippen molar-refractivity contribution in [1.29, 1.82) is 0 Å². The van der Waals surface area contributed by atoms with E-state index in [9.17, 15) is 9.59 Å². The van der Waals surface area contributed by atoms with E-state index >= 15 is 0 Å². The number of carbonyl (C=O) groups excluding carboxylic acids is 2.